The lowest BCUT2D eigenvalue weighted by molar-refractivity contribution is -0.121. The Morgan fingerprint density at radius 2 is 1.97 bits per heavy atom. The molecule has 1 aromatic heterocycles. The summed E-state index contributed by atoms with van der Waals surface area (Å²) in [5.74, 6) is 0.351. The van der Waals surface area contributed by atoms with Crippen LogP contribution in [-0.2, 0) is 14.8 Å². The lowest BCUT2D eigenvalue weighted by Gasteiger charge is -2.36. The highest BCUT2D eigenvalue weighted by Gasteiger charge is 2.31. The molecule has 2 heterocycles. The van der Waals surface area contributed by atoms with Gasteiger partial charge in [-0.2, -0.15) is 0 Å². The summed E-state index contributed by atoms with van der Waals surface area (Å²) in [4.78, 5) is 14.7. The SMILES string of the molecule is CCC(C(=O)Nc1cc(C)on1)N1CCC(NS(=O)(=O)c2ccc(F)cc2)CC1. The van der Waals surface area contributed by atoms with Gasteiger partial charge in [0.05, 0.1) is 10.9 Å². The molecule has 10 heteroatoms. The van der Waals surface area contributed by atoms with Gasteiger partial charge in [-0.1, -0.05) is 12.1 Å². The molecule has 1 amide bonds. The van der Waals surface area contributed by atoms with Gasteiger partial charge in [-0.15, -0.1) is 0 Å². The van der Waals surface area contributed by atoms with Crippen molar-refractivity contribution in [2.24, 2.45) is 0 Å². The largest absolute Gasteiger partial charge is 0.360 e. The number of halogens is 1. The molecule has 29 heavy (non-hydrogen) atoms. The molecule has 0 spiro atoms. The van der Waals surface area contributed by atoms with Gasteiger partial charge in [-0.05, 0) is 50.5 Å². The Labute approximate surface area is 169 Å². The molecule has 1 unspecified atom stereocenters. The van der Waals surface area contributed by atoms with Crippen molar-refractivity contribution in [2.45, 2.75) is 50.1 Å². The van der Waals surface area contributed by atoms with Crippen LogP contribution in [0.1, 0.15) is 31.9 Å². The summed E-state index contributed by atoms with van der Waals surface area (Å²) in [6, 6.07) is 5.82. The Morgan fingerprint density at radius 3 is 2.52 bits per heavy atom. The molecule has 1 atom stereocenters. The number of likely N-dealkylation sites (tertiary alicyclic amines) is 1. The standard InChI is InChI=1S/C19H25FN4O4S/c1-3-17(19(25)21-18-12-13(2)28-22-18)24-10-8-15(9-11-24)23-29(26,27)16-6-4-14(20)5-7-16/h4-7,12,15,17,23H,3,8-11H2,1-2H3,(H,21,22,25). The van der Waals surface area contributed by atoms with Crippen LogP contribution in [0.4, 0.5) is 10.2 Å². The number of carbonyl (C=O) groups excluding carboxylic acids is 1. The molecule has 1 saturated heterocycles. The van der Waals surface area contributed by atoms with Crippen LogP contribution < -0.4 is 10.0 Å². The summed E-state index contributed by atoms with van der Waals surface area (Å²) in [6.07, 6.45) is 1.77. The third kappa shape index (κ3) is 5.40. The lowest BCUT2D eigenvalue weighted by atomic mass is 10.0. The monoisotopic (exact) mass is 424 g/mol. The second-order valence-corrected chi connectivity index (χ2v) is 8.84. The summed E-state index contributed by atoms with van der Waals surface area (Å²) in [6.45, 7) is 4.85. The van der Waals surface area contributed by atoms with Crippen LogP contribution in [0.25, 0.3) is 0 Å². The van der Waals surface area contributed by atoms with Gasteiger partial charge >= 0.3 is 0 Å². The molecule has 1 aliphatic heterocycles. The highest BCUT2D eigenvalue weighted by atomic mass is 32.2. The van der Waals surface area contributed by atoms with Gasteiger partial charge in [0.2, 0.25) is 15.9 Å². The second-order valence-electron chi connectivity index (χ2n) is 7.12. The Bertz CT molecular complexity index is 937. The van der Waals surface area contributed by atoms with Crippen molar-refractivity contribution < 1.29 is 22.1 Å². The lowest BCUT2D eigenvalue weighted by Crippen LogP contribution is -2.51. The average molecular weight is 424 g/mol. The second kappa shape index (κ2) is 9.02. The van der Waals surface area contributed by atoms with E-state index in [1.54, 1.807) is 13.0 Å². The van der Waals surface area contributed by atoms with Crippen LogP contribution in [0, 0.1) is 12.7 Å². The van der Waals surface area contributed by atoms with Gasteiger partial charge in [0.25, 0.3) is 0 Å². The summed E-state index contributed by atoms with van der Waals surface area (Å²) in [5, 5.41) is 6.54. The fourth-order valence-corrected chi connectivity index (χ4v) is 4.78. The first kappa shape index (κ1) is 21.4. The van der Waals surface area contributed by atoms with Crippen LogP contribution >= 0.6 is 0 Å². The molecule has 0 bridgehead atoms. The number of rotatable bonds is 7. The van der Waals surface area contributed by atoms with Gasteiger partial charge < -0.3 is 9.84 Å². The van der Waals surface area contributed by atoms with E-state index in [2.05, 4.69) is 15.2 Å². The van der Waals surface area contributed by atoms with Crippen molar-refractivity contribution in [1.82, 2.24) is 14.8 Å². The Hall–Kier alpha value is -2.30. The maximum atomic E-state index is 13.0. The number of aromatic nitrogens is 1. The Morgan fingerprint density at radius 1 is 1.31 bits per heavy atom. The number of benzene rings is 1. The zero-order valence-electron chi connectivity index (χ0n) is 16.4. The van der Waals surface area contributed by atoms with E-state index in [1.807, 2.05) is 11.8 Å². The van der Waals surface area contributed by atoms with Gasteiger partial charge in [-0.25, -0.2) is 17.5 Å². The van der Waals surface area contributed by atoms with E-state index in [0.717, 1.165) is 12.1 Å². The van der Waals surface area contributed by atoms with Gasteiger partial charge in [0.1, 0.15) is 11.6 Å². The fourth-order valence-electron chi connectivity index (χ4n) is 3.47. The first-order valence-corrected chi connectivity index (χ1v) is 11.0. The number of piperidine rings is 1. The molecule has 1 aromatic carbocycles. The molecule has 2 N–H and O–H groups in total. The topological polar surface area (TPSA) is 105 Å². The average Bonchev–Trinajstić information content (AvgIpc) is 3.08. The maximum absolute atomic E-state index is 13.0. The molecule has 0 aliphatic carbocycles. The third-order valence-corrected chi connectivity index (χ3v) is 6.52. The van der Waals surface area contributed by atoms with E-state index in [1.165, 1.54) is 12.1 Å². The van der Waals surface area contributed by atoms with E-state index in [0.29, 0.717) is 43.9 Å². The number of nitrogens with zero attached hydrogens (tertiary/aromatic N) is 2. The van der Waals surface area contributed by atoms with Crippen LogP contribution in [0.3, 0.4) is 0 Å². The van der Waals surface area contributed by atoms with Crippen LogP contribution in [0.15, 0.2) is 39.8 Å². The van der Waals surface area contributed by atoms with Gasteiger partial charge in [0.15, 0.2) is 5.82 Å². The Kier molecular flexibility index (Phi) is 6.66. The fraction of sp³-hybridized carbons (Fsp3) is 0.474. The molecule has 0 radical (unpaired) electrons. The molecule has 158 valence electrons. The molecule has 3 rings (SSSR count). The molecule has 2 aromatic rings. The molecule has 8 nitrogen and oxygen atoms in total. The number of hydrogen-bond acceptors (Lipinski definition) is 6. The summed E-state index contributed by atoms with van der Waals surface area (Å²) < 4.78 is 45.6. The van der Waals surface area contributed by atoms with E-state index in [-0.39, 0.29) is 22.9 Å². The smallest absolute Gasteiger partial charge is 0.242 e. The third-order valence-electron chi connectivity index (χ3n) is 4.98. The van der Waals surface area contributed by atoms with Crippen molar-refractivity contribution in [3.63, 3.8) is 0 Å². The minimum Gasteiger partial charge on any atom is -0.360 e. The van der Waals surface area contributed by atoms with Gasteiger partial charge in [-0.3, -0.25) is 9.69 Å². The van der Waals surface area contributed by atoms with Crippen molar-refractivity contribution in [3.8, 4) is 0 Å². The van der Waals surface area contributed by atoms with E-state index >= 15 is 0 Å². The first-order chi connectivity index (χ1) is 13.8. The van der Waals surface area contributed by atoms with E-state index in [9.17, 15) is 17.6 Å². The van der Waals surface area contributed by atoms with Crippen LogP contribution in [-0.4, -0.2) is 49.6 Å². The van der Waals surface area contributed by atoms with E-state index < -0.39 is 15.8 Å². The highest BCUT2D eigenvalue weighted by Crippen LogP contribution is 2.19. The predicted octanol–water partition coefficient (Wildman–Crippen LogP) is 2.28. The summed E-state index contributed by atoms with van der Waals surface area (Å²) >= 11 is 0. The maximum Gasteiger partial charge on any atom is 0.242 e. The quantitative estimate of drug-likeness (QED) is 0.707. The number of sulfonamides is 1. The molecule has 1 aliphatic rings. The number of amides is 1. The Balaban J connectivity index is 1.55. The molecule has 0 saturated carbocycles. The molecular formula is C19H25FN4O4S. The van der Waals surface area contributed by atoms with Crippen LogP contribution in [0.2, 0.25) is 0 Å². The van der Waals surface area contributed by atoms with Crippen molar-refractivity contribution >= 4 is 21.7 Å². The highest BCUT2D eigenvalue weighted by molar-refractivity contribution is 7.89. The normalized spacial score (nSPS) is 17.2. The van der Waals surface area contributed by atoms with Crippen molar-refractivity contribution in [2.75, 3.05) is 18.4 Å². The number of nitrogens with one attached hydrogen (secondary N) is 2. The summed E-state index contributed by atoms with van der Waals surface area (Å²) in [7, 11) is -3.71. The number of hydrogen-bond donors (Lipinski definition) is 2. The van der Waals surface area contributed by atoms with Gasteiger partial charge in [0, 0.05) is 25.2 Å². The number of carbonyl (C=O) groups is 1. The summed E-state index contributed by atoms with van der Waals surface area (Å²) in [5.41, 5.74) is 0. The zero-order valence-corrected chi connectivity index (χ0v) is 17.2. The number of anilines is 1. The molecule has 1 fully saturated rings. The minimum atomic E-state index is -3.71. The van der Waals surface area contributed by atoms with Crippen molar-refractivity contribution in [1.29, 1.82) is 0 Å². The number of aryl methyl sites for hydroxylation is 1. The van der Waals surface area contributed by atoms with E-state index in [4.69, 9.17) is 4.52 Å². The first-order valence-electron chi connectivity index (χ1n) is 9.54. The molecular weight excluding hydrogens is 399 g/mol. The van der Waals surface area contributed by atoms with Crippen LogP contribution in [0.5, 0.6) is 0 Å². The van der Waals surface area contributed by atoms with Crippen molar-refractivity contribution in [3.05, 3.63) is 41.9 Å². The zero-order chi connectivity index (χ0) is 21.0. The minimum absolute atomic E-state index is 0.0371. The predicted molar refractivity (Wildman–Crippen MR) is 105 cm³/mol.